The van der Waals surface area contributed by atoms with E-state index in [2.05, 4.69) is 16.9 Å². The molecule has 6 heteroatoms. The van der Waals surface area contributed by atoms with E-state index in [-0.39, 0.29) is 16.7 Å². The van der Waals surface area contributed by atoms with Crippen LogP contribution in [0.1, 0.15) is 30.3 Å². The van der Waals surface area contributed by atoms with Gasteiger partial charge in [0.2, 0.25) is 0 Å². The summed E-state index contributed by atoms with van der Waals surface area (Å²) in [6.07, 6.45) is 2.08. The van der Waals surface area contributed by atoms with Gasteiger partial charge in [0.15, 0.2) is 11.5 Å². The van der Waals surface area contributed by atoms with Crippen molar-refractivity contribution in [3.8, 4) is 17.1 Å². The van der Waals surface area contributed by atoms with Crippen LogP contribution >= 0.6 is 11.6 Å². The van der Waals surface area contributed by atoms with Gasteiger partial charge in [0.05, 0.1) is 6.61 Å². The lowest BCUT2D eigenvalue weighted by Crippen LogP contribution is -2.03. The Bertz CT molecular complexity index is 629. The summed E-state index contributed by atoms with van der Waals surface area (Å²) in [7, 11) is 0. The highest BCUT2D eigenvalue weighted by atomic mass is 35.5. The maximum atomic E-state index is 11.0. The first-order valence-corrected chi connectivity index (χ1v) is 6.99. The molecule has 0 radical (unpaired) electrons. The maximum Gasteiger partial charge on any atom is 0.354 e. The Balaban J connectivity index is 2.20. The molecule has 0 aliphatic rings. The van der Waals surface area contributed by atoms with Crippen molar-refractivity contribution in [2.24, 2.45) is 0 Å². The highest BCUT2D eigenvalue weighted by Gasteiger charge is 2.11. The molecule has 1 heterocycles. The molecule has 0 saturated heterocycles. The fraction of sp³-hybridized carbons (Fsp3) is 0.267. The number of rotatable bonds is 6. The van der Waals surface area contributed by atoms with E-state index in [1.165, 1.54) is 6.07 Å². The second-order valence-electron chi connectivity index (χ2n) is 4.43. The van der Waals surface area contributed by atoms with Crippen molar-refractivity contribution in [2.75, 3.05) is 6.61 Å². The summed E-state index contributed by atoms with van der Waals surface area (Å²) in [5, 5.41) is 9.07. The van der Waals surface area contributed by atoms with Gasteiger partial charge in [-0.2, -0.15) is 0 Å². The van der Waals surface area contributed by atoms with Gasteiger partial charge in [-0.05, 0) is 30.7 Å². The number of carboxylic acid groups (broad SMARTS) is 1. The van der Waals surface area contributed by atoms with Gasteiger partial charge in [-0.1, -0.05) is 24.9 Å². The molecule has 0 aliphatic carbocycles. The number of hydrogen-bond donors (Lipinski definition) is 1. The Kier molecular flexibility index (Phi) is 5.11. The van der Waals surface area contributed by atoms with Crippen LogP contribution in [0.15, 0.2) is 30.3 Å². The third-order valence-electron chi connectivity index (χ3n) is 2.79. The van der Waals surface area contributed by atoms with Gasteiger partial charge in [0, 0.05) is 11.6 Å². The molecule has 0 spiro atoms. The first-order valence-electron chi connectivity index (χ1n) is 6.61. The normalized spacial score (nSPS) is 10.4. The van der Waals surface area contributed by atoms with Crippen LogP contribution in [0.25, 0.3) is 11.4 Å². The molecule has 0 unspecified atom stereocenters. The maximum absolute atomic E-state index is 11.0. The molecular weight excluding hydrogens is 292 g/mol. The number of benzene rings is 1. The van der Waals surface area contributed by atoms with E-state index in [1.54, 1.807) is 24.3 Å². The van der Waals surface area contributed by atoms with Gasteiger partial charge in [-0.3, -0.25) is 0 Å². The first kappa shape index (κ1) is 15.3. The molecule has 5 nitrogen and oxygen atoms in total. The summed E-state index contributed by atoms with van der Waals surface area (Å²) in [5.41, 5.74) is 0.552. The van der Waals surface area contributed by atoms with Crippen molar-refractivity contribution in [3.63, 3.8) is 0 Å². The third kappa shape index (κ3) is 4.16. The van der Waals surface area contributed by atoms with E-state index in [9.17, 15) is 4.79 Å². The molecule has 21 heavy (non-hydrogen) atoms. The number of carbonyl (C=O) groups is 1. The zero-order valence-corrected chi connectivity index (χ0v) is 12.3. The lowest BCUT2D eigenvalue weighted by molar-refractivity contribution is 0.0690. The van der Waals surface area contributed by atoms with Crippen LogP contribution in [0, 0.1) is 0 Å². The summed E-state index contributed by atoms with van der Waals surface area (Å²) in [6, 6.07) is 8.37. The topological polar surface area (TPSA) is 72.3 Å². The Morgan fingerprint density at radius 1 is 1.29 bits per heavy atom. The first-order chi connectivity index (χ1) is 10.1. The highest BCUT2D eigenvalue weighted by Crippen LogP contribution is 2.21. The van der Waals surface area contributed by atoms with Crippen LogP contribution in [-0.4, -0.2) is 27.7 Å². The summed E-state index contributed by atoms with van der Waals surface area (Å²) < 4.78 is 5.56. The minimum absolute atomic E-state index is 0.0978. The molecule has 1 aromatic heterocycles. The molecule has 0 saturated carbocycles. The Morgan fingerprint density at radius 2 is 2.00 bits per heavy atom. The largest absolute Gasteiger partial charge is 0.494 e. The number of ether oxygens (including phenoxy) is 1. The minimum atomic E-state index is -1.14. The second-order valence-corrected chi connectivity index (χ2v) is 4.82. The van der Waals surface area contributed by atoms with Gasteiger partial charge < -0.3 is 9.84 Å². The van der Waals surface area contributed by atoms with Crippen LogP contribution in [0.5, 0.6) is 5.75 Å². The zero-order chi connectivity index (χ0) is 15.2. The second kappa shape index (κ2) is 7.04. The fourth-order valence-corrected chi connectivity index (χ4v) is 1.87. The van der Waals surface area contributed by atoms with Crippen molar-refractivity contribution >= 4 is 17.6 Å². The van der Waals surface area contributed by atoms with Crippen molar-refractivity contribution in [1.82, 2.24) is 9.97 Å². The molecule has 0 aliphatic heterocycles. The standard InChI is InChI=1S/C15H15ClN2O3/c1-2-3-8-21-11-6-4-10(5-7-11)14-17-12(15(19)20)9-13(16)18-14/h4-7,9H,2-3,8H2,1H3,(H,19,20). The lowest BCUT2D eigenvalue weighted by Gasteiger charge is -2.06. The quantitative estimate of drug-likeness (QED) is 0.651. The molecule has 2 aromatic rings. The number of halogens is 1. The number of carboxylic acids is 1. The smallest absolute Gasteiger partial charge is 0.354 e. The van der Waals surface area contributed by atoms with Crippen LogP contribution < -0.4 is 4.74 Å². The van der Waals surface area contributed by atoms with E-state index in [0.29, 0.717) is 12.2 Å². The van der Waals surface area contributed by atoms with Gasteiger partial charge in [-0.15, -0.1) is 0 Å². The number of aromatic nitrogens is 2. The van der Waals surface area contributed by atoms with E-state index < -0.39 is 5.97 Å². The van der Waals surface area contributed by atoms with Gasteiger partial charge in [-0.25, -0.2) is 14.8 Å². The van der Waals surface area contributed by atoms with Crippen molar-refractivity contribution in [2.45, 2.75) is 19.8 Å². The SMILES string of the molecule is CCCCOc1ccc(-c2nc(Cl)cc(C(=O)O)n2)cc1. The van der Waals surface area contributed by atoms with E-state index in [4.69, 9.17) is 21.4 Å². The summed E-state index contributed by atoms with van der Waals surface area (Å²) in [6.45, 7) is 2.77. The average molecular weight is 307 g/mol. The molecule has 2 rings (SSSR count). The van der Waals surface area contributed by atoms with Crippen LogP contribution in [0.3, 0.4) is 0 Å². The lowest BCUT2D eigenvalue weighted by atomic mass is 10.2. The van der Waals surface area contributed by atoms with Gasteiger partial charge in [0.1, 0.15) is 10.9 Å². The van der Waals surface area contributed by atoms with Gasteiger partial charge in [0.25, 0.3) is 0 Å². The number of hydrogen-bond acceptors (Lipinski definition) is 4. The Hall–Kier alpha value is -2.14. The average Bonchev–Trinajstić information content (AvgIpc) is 2.47. The van der Waals surface area contributed by atoms with Gasteiger partial charge >= 0.3 is 5.97 Å². The van der Waals surface area contributed by atoms with Crippen LogP contribution in [0.4, 0.5) is 0 Å². The van der Waals surface area contributed by atoms with Crippen molar-refractivity contribution in [1.29, 1.82) is 0 Å². The van der Waals surface area contributed by atoms with Crippen LogP contribution in [0.2, 0.25) is 5.15 Å². The number of aromatic carboxylic acids is 1. The fourth-order valence-electron chi connectivity index (χ4n) is 1.69. The molecule has 1 aromatic carbocycles. The summed E-state index contributed by atoms with van der Waals surface area (Å²) >= 11 is 5.82. The molecule has 110 valence electrons. The van der Waals surface area contributed by atoms with Crippen molar-refractivity contribution < 1.29 is 14.6 Å². The number of nitrogens with zero attached hydrogens (tertiary/aromatic N) is 2. The monoisotopic (exact) mass is 306 g/mol. The summed E-state index contributed by atoms with van der Waals surface area (Å²) in [5.74, 6) is -0.104. The Labute approximate surface area is 127 Å². The highest BCUT2D eigenvalue weighted by molar-refractivity contribution is 6.29. The van der Waals surface area contributed by atoms with E-state index in [0.717, 1.165) is 18.6 Å². The predicted molar refractivity (Wildman–Crippen MR) is 79.8 cm³/mol. The predicted octanol–water partition coefficient (Wildman–Crippen LogP) is 3.67. The molecule has 0 atom stereocenters. The minimum Gasteiger partial charge on any atom is -0.494 e. The van der Waals surface area contributed by atoms with E-state index in [1.807, 2.05) is 0 Å². The van der Waals surface area contributed by atoms with E-state index >= 15 is 0 Å². The molecule has 0 amide bonds. The zero-order valence-electron chi connectivity index (χ0n) is 11.5. The van der Waals surface area contributed by atoms with Crippen molar-refractivity contribution in [3.05, 3.63) is 41.2 Å². The molecular formula is C15H15ClN2O3. The molecule has 1 N–H and O–H groups in total. The molecule has 0 fully saturated rings. The summed E-state index contributed by atoms with van der Waals surface area (Å²) in [4.78, 5) is 19.0. The third-order valence-corrected chi connectivity index (χ3v) is 2.99. The number of unbranched alkanes of at least 4 members (excludes halogenated alkanes) is 1. The van der Waals surface area contributed by atoms with Crippen LogP contribution in [-0.2, 0) is 0 Å². The molecule has 0 bridgehead atoms. The Morgan fingerprint density at radius 3 is 2.62 bits per heavy atom.